The Labute approximate surface area is 181 Å². The Kier molecular flexibility index (Phi) is 6.48. The average Bonchev–Trinajstić information content (AvgIpc) is 3.03. The molecule has 0 heterocycles. The summed E-state index contributed by atoms with van der Waals surface area (Å²) in [5, 5.41) is 10.3. The molecular formula is C28H50O. The first-order valence-electron chi connectivity index (χ1n) is 13.4. The summed E-state index contributed by atoms with van der Waals surface area (Å²) in [5.74, 6) is 6.50. The number of aliphatic hydroxyl groups excluding tert-OH is 1. The molecule has 0 aromatic heterocycles. The van der Waals surface area contributed by atoms with Gasteiger partial charge in [-0.1, -0.05) is 60.3 Å². The fourth-order valence-corrected chi connectivity index (χ4v) is 9.43. The van der Waals surface area contributed by atoms with Crippen molar-refractivity contribution in [3.8, 4) is 0 Å². The van der Waals surface area contributed by atoms with Crippen molar-refractivity contribution in [3.05, 3.63) is 0 Å². The highest BCUT2D eigenvalue weighted by atomic mass is 16.3. The fourth-order valence-electron chi connectivity index (χ4n) is 9.43. The molecule has 1 nitrogen and oxygen atoms in total. The minimum atomic E-state index is -0.00844. The Balaban J connectivity index is 1.42. The third kappa shape index (κ3) is 3.96. The Morgan fingerprint density at radius 1 is 0.793 bits per heavy atom. The second-order valence-electron chi connectivity index (χ2n) is 13.0. The van der Waals surface area contributed by atoms with Crippen LogP contribution in [0.5, 0.6) is 0 Å². The Bertz CT molecular complexity index is 555. The van der Waals surface area contributed by atoms with E-state index in [1.165, 1.54) is 70.6 Å². The average molecular weight is 403 g/mol. The van der Waals surface area contributed by atoms with Crippen LogP contribution in [0.3, 0.4) is 0 Å². The van der Waals surface area contributed by atoms with Gasteiger partial charge in [-0.05, 0) is 110 Å². The zero-order chi connectivity index (χ0) is 20.8. The second-order valence-corrected chi connectivity index (χ2v) is 13.0. The van der Waals surface area contributed by atoms with Crippen molar-refractivity contribution in [1.29, 1.82) is 0 Å². The number of rotatable bonds is 6. The van der Waals surface area contributed by atoms with Crippen LogP contribution in [0, 0.1) is 52.3 Å². The summed E-state index contributed by atoms with van der Waals surface area (Å²) in [5.41, 5.74) is 1.15. The van der Waals surface area contributed by atoms with Crippen LogP contribution in [0.1, 0.15) is 118 Å². The van der Waals surface area contributed by atoms with Gasteiger partial charge in [-0.15, -0.1) is 0 Å². The molecule has 0 aromatic rings. The molecule has 4 aliphatic rings. The predicted octanol–water partition coefficient (Wildman–Crippen LogP) is 7.86. The van der Waals surface area contributed by atoms with E-state index in [1.807, 2.05) is 0 Å². The molecule has 0 spiro atoms. The first-order chi connectivity index (χ1) is 13.8. The summed E-state index contributed by atoms with van der Waals surface area (Å²) < 4.78 is 0. The Morgan fingerprint density at radius 3 is 2.24 bits per heavy atom. The maximum Gasteiger partial charge on any atom is 0.0543 e. The second kappa shape index (κ2) is 8.48. The topological polar surface area (TPSA) is 20.2 Å². The van der Waals surface area contributed by atoms with Crippen molar-refractivity contribution < 1.29 is 5.11 Å². The molecule has 0 aliphatic heterocycles. The predicted molar refractivity (Wildman–Crippen MR) is 124 cm³/mol. The molecule has 0 bridgehead atoms. The highest BCUT2D eigenvalue weighted by molar-refractivity contribution is 5.09. The fraction of sp³-hybridized carbons (Fsp3) is 1.00. The van der Waals surface area contributed by atoms with E-state index >= 15 is 0 Å². The summed E-state index contributed by atoms with van der Waals surface area (Å²) in [6, 6.07) is 0. The van der Waals surface area contributed by atoms with Gasteiger partial charge in [0.25, 0.3) is 0 Å². The number of aliphatic hydroxyl groups is 1. The summed E-state index contributed by atoms with van der Waals surface area (Å²) in [6.45, 7) is 12.7. The number of hydrogen-bond donors (Lipinski definition) is 1. The molecule has 168 valence electrons. The lowest BCUT2D eigenvalue weighted by Gasteiger charge is -2.61. The normalized spacial score (nSPS) is 48.1. The van der Waals surface area contributed by atoms with Crippen LogP contribution in [0.4, 0.5) is 0 Å². The van der Waals surface area contributed by atoms with Gasteiger partial charge in [-0.25, -0.2) is 0 Å². The van der Waals surface area contributed by atoms with E-state index in [4.69, 9.17) is 0 Å². The Hall–Kier alpha value is -0.0400. The van der Waals surface area contributed by atoms with Gasteiger partial charge in [-0.3, -0.25) is 0 Å². The van der Waals surface area contributed by atoms with Gasteiger partial charge in [0, 0.05) is 0 Å². The van der Waals surface area contributed by atoms with Crippen LogP contribution in [-0.2, 0) is 0 Å². The molecule has 1 N–H and O–H groups in total. The quantitative estimate of drug-likeness (QED) is 0.448. The largest absolute Gasteiger partial charge is 0.393 e. The molecule has 4 aliphatic carbocycles. The number of fused-ring (bicyclic) bond motifs is 5. The lowest BCUT2D eigenvalue weighted by molar-refractivity contribution is -0.129. The first-order valence-corrected chi connectivity index (χ1v) is 13.4. The minimum absolute atomic E-state index is 0.00844. The molecule has 4 fully saturated rings. The molecule has 4 unspecified atom stereocenters. The standard InChI is InChI=1S/C28H50O/c1-19(2)8-6-7-9-20(3)24-12-13-25-23-11-10-21-18-22(29)14-16-27(21,4)26(23)15-17-28(24,25)5/h19-26,29H,6-18H2,1-5H3/t20-,21-,22-,23?,24?,25?,26?,27+,28-/m1/s1. The molecule has 9 atom stereocenters. The molecule has 4 rings (SSSR count). The first kappa shape index (κ1) is 22.2. The monoisotopic (exact) mass is 402 g/mol. The smallest absolute Gasteiger partial charge is 0.0543 e. The van der Waals surface area contributed by atoms with Gasteiger partial charge in [0.15, 0.2) is 0 Å². The van der Waals surface area contributed by atoms with Crippen molar-refractivity contribution in [2.24, 2.45) is 52.3 Å². The molecule has 0 aromatic carbocycles. The number of unbranched alkanes of at least 4 members (excludes halogenated alkanes) is 1. The van der Waals surface area contributed by atoms with E-state index in [9.17, 15) is 5.11 Å². The van der Waals surface area contributed by atoms with Crippen molar-refractivity contribution in [2.45, 2.75) is 124 Å². The van der Waals surface area contributed by atoms with Crippen LogP contribution in [0.15, 0.2) is 0 Å². The van der Waals surface area contributed by atoms with Crippen molar-refractivity contribution >= 4 is 0 Å². The molecule has 0 saturated heterocycles. The maximum absolute atomic E-state index is 10.3. The van der Waals surface area contributed by atoms with Gasteiger partial charge < -0.3 is 5.11 Å². The van der Waals surface area contributed by atoms with E-state index in [2.05, 4.69) is 34.6 Å². The summed E-state index contributed by atoms with van der Waals surface area (Å²) >= 11 is 0. The maximum atomic E-state index is 10.3. The third-order valence-electron chi connectivity index (χ3n) is 11.1. The van der Waals surface area contributed by atoms with Crippen molar-refractivity contribution in [3.63, 3.8) is 0 Å². The van der Waals surface area contributed by atoms with Gasteiger partial charge in [0.05, 0.1) is 6.10 Å². The van der Waals surface area contributed by atoms with E-state index < -0.39 is 0 Å². The molecule has 29 heavy (non-hydrogen) atoms. The zero-order valence-corrected chi connectivity index (χ0v) is 20.3. The molecule has 0 radical (unpaired) electrons. The van der Waals surface area contributed by atoms with Crippen LogP contribution in [0.2, 0.25) is 0 Å². The molecule has 0 amide bonds. The summed E-state index contributed by atoms with van der Waals surface area (Å²) in [4.78, 5) is 0. The van der Waals surface area contributed by atoms with Crippen LogP contribution in [-0.4, -0.2) is 11.2 Å². The highest BCUT2D eigenvalue weighted by Gasteiger charge is 2.60. The van der Waals surface area contributed by atoms with Gasteiger partial charge >= 0.3 is 0 Å². The Morgan fingerprint density at radius 2 is 1.48 bits per heavy atom. The van der Waals surface area contributed by atoms with E-state index in [0.29, 0.717) is 10.8 Å². The minimum Gasteiger partial charge on any atom is -0.393 e. The molecular weight excluding hydrogens is 352 g/mol. The van der Waals surface area contributed by atoms with Gasteiger partial charge in [-0.2, -0.15) is 0 Å². The number of hydrogen-bond acceptors (Lipinski definition) is 1. The van der Waals surface area contributed by atoms with Crippen LogP contribution < -0.4 is 0 Å². The lowest BCUT2D eigenvalue weighted by Crippen LogP contribution is -2.54. The third-order valence-corrected chi connectivity index (χ3v) is 11.1. The SMILES string of the molecule is CC(C)CCCC[C@@H](C)C1CCC2C3CC[C@@H]4C[C@H](O)CC[C@]4(C)C3CC[C@@]21C. The van der Waals surface area contributed by atoms with Crippen molar-refractivity contribution in [1.82, 2.24) is 0 Å². The van der Waals surface area contributed by atoms with Gasteiger partial charge in [0.2, 0.25) is 0 Å². The highest BCUT2D eigenvalue weighted by Crippen LogP contribution is 2.68. The van der Waals surface area contributed by atoms with Crippen LogP contribution in [0.25, 0.3) is 0 Å². The van der Waals surface area contributed by atoms with E-state index in [1.54, 1.807) is 0 Å². The van der Waals surface area contributed by atoms with Crippen molar-refractivity contribution in [2.75, 3.05) is 0 Å². The van der Waals surface area contributed by atoms with E-state index in [0.717, 1.165) is 54.3 Å². The van der Waals surface area contributed by atoms with Gasteiger partial charge in [0.1, 0.15) is 0 Å². The van der Waals surface area contributed by atoms with E-state index in [-0.39, 0.29) is 6.10 Å². The van der Waals surface area contributed by atoms with Crippen LogP contribution >= 0.6 is 0 Å². The molecule has 1 heteroatoms. The lowest BCUT2D eigenvalue weighted by atomic mass is 9.44. The summed E-state index contributed by atoms with van der Waals surface area (Å²) in [6.07, 6.45) is 18.1. The molecule has 4 saturated carbocycles. The zero-order valence-electron chi connectivity index (χ0n) is 20.3. The summed E-state index contributed by atoms with van der Waals surface area (Å²) in [7, 11) is 0.